The number of benzene rings is 1. The van der Waals surface area contributed by atoms with Crippen LogP contribution in [0, 0.1) is 6.92 Å². The molecule has 0 bridgehead atoms. The number of nitrogens with zero attached hydrogens (tertiary/aromatic N) is 3. The van der Waals surface area contributed by atoms with Gasteiger partial charge >= 0.3 is 6.18 Å². The molecular formula is C18H20Cl2F3N3O2. The fourth-order valence-electron chi connectivity index (χ4n) is 2.33. The van der Waals surface area contributed by atoms with Gasteiger partial charge in [0.05, 0.1) is 5.02 Å². The first-order chi connectivity index (χ1) is 13.0. The number of hydrogen-bond acceptors (Lipinski definition) is 4. The highest BCUT2D eigenvalue weighted by Gasteiger charge is 2.38. The highest BCUT2D eigenvalue weighted by molar-refractivity contribution is 6.37. The standard InChI is InChI=1S/C18H20Cl2F3N3O2/c1-5-10(2)28-25-15(13-7-6-12(19)8-14(13)20)9-27-17-11(3)16(18(21,22)23)24-26(17)4/h6-8,10H,5,9H2,1-4H3. The summed E-state index contributed by atoms with van der Waals surface area (Å²) in [7, 11) is 1.37. The summed E-state index contributed by atoms with van der Waals surface area (Å²) in [6.07, 6.45) is -4.00. The van der Waals surface area contributed by atoms with Crippen LogP contribution < -0.4 is 4.74 Å². The molecule has 0 N–H and O–H groups in total. The van der Waals surface area contributed by atoms with Gasteiger partial charge < -0.3 is 9.57 Å². The number of ether oxygens (including phenoxy) is 1. The van der Waals surface area contributed by atoms with Crippen molar-refractivity contribution in [2.24, 2.45) is 12.2 Å². The lowest BCUT2D eigenvalue weighted by Crippen LogP contribution is -2.17. The zero-order valence-corrected chi connectivity index (χ0v) is 17.3. The van der Waals surface area contributed by atoms with Gasteiger partial charge in [-0.2, -0.15) is 18.3 Å². The lowest BCUT2D eigenvalue weighted by atomic mass is 10.1. The highest BCUT2D eigenvalue weighted by Crippen LogP contribution is 2.34. The van der Waals surface area contributed by atoms with Gasteiger partial charge in [-0.25, -0.2) is 4.68 Å². The second-order valence-electron chi connectivity index (χ2n) is 6.18. The molecule has 0 aliphatic carbocycles. The summed E-state index contributed by atoms with van der Waals surface area (Å²) in [5.74, 6) is -0.0198. The van der Waals surface area contributed by atoms with Crippen LogP contribution in [0.25, 0.3) is 0 Å². The monoisotopic (exact) mass is 437 g/mol. The fraction of sp³-hybridized carbons (Fsp3) is 0.444. The van der Waals surface area contributed by atoms with Crippen molar-refractivity contribution < 1.29 is 22.7 Å². The molecule has 0 radical (unpaired) electrons. The van der Waals surface area contributed by atoms with Gasteiger partial charge in [-0.15, -0.1) is 0 Å². The molecule has 1 aromatic heterocycles. The van der Waals surface area contributed by atoms with E-state index in [2.05, 4.69) is 10.3 Å². The van der Waals surface area contributed by atoms with Crippen molar-refractivity contribution in [3.05, 3.63) is 45.1 Å². The maximum absolute atomic E-state index is 13.0. The van der Waals surface area contributed by atoms with E-state index >= 15 is 0 Å². The van der Waals surface area contributed by atoms with Crippen LogP contribution in [0.5, 0.6) is 5.88 Å². The third-order valence-corrected chi connectivity index (χ3v) is 4.54. The van der Waals surface area contributed by atoms with E-state index < -0.39 is 11.9 Å². The summed E-state index contributed by atoms with van der Waals surface area (Å²) in [5.41, 5.74) is -0.287. The SMILES string of the molecule is CCC(C)ON=C(COc1c(C)c(C(F)(F)F)nn1C)c1ccc(Cl)cc1Cl. The van der Waals surface area contributed by atoms with Crippen LogP contribution in [0.1, 0.15) is 37.1 Å². The summed E-state index contributed by atoms with van der Waals surface area (Å²) >= 11 is 12.2. The lowest BCUT2D eigenvalue weighted by Gasteiger charge is -2.13. The number of aromatic nitrogens is 2. The third-order valence-electron chi connectivity index (χ3n) is 3.99. The second kappa shape index (κ2) is 9.05. The summed E-state index contributed by atoms with van der Waals surface area (Å²) < 4.78 is 45.8. The molecular weight excluding hydrogens is 418 g/mol. The van der Waals surface area contributed by atoms with Gasteiger partial charge in [0.15, 0.2) is 5.69 Å². The number of aryl methyl sites for hydroxylation is 1. The van der Waals surface area contributed by atoms with E-state index in [1.807, 2.05) is 13.8 Å². The van der Waals surface area contributed by atoms with Gasteiger partial charge in [0.1, 0.15) is 18.4 Å². The van der Waals surface area contributed by atoms with Crippen LogP contribution in [-0.2, 0) is 18.1 Å². The molecule has 1 atom stereocenters. The fourth-order valence-corrected chi connectivity index (χ4v) is 2.84. The largest absolute Gasteiger partial charge is 0.471 e. The minimum atomic E-state index is -4.57. The van der Waals surface area contributed by atoms with Gasteiger partial charge in [-0.05, 0) is 38.5 Å². The summed E-state index contributed by atoms with van der Waals surface area (Å²) in [4.78, 5) is 5.42. The Labute approximate surface area is 171 Å². The Morgan fingerprint density at radius 1 is 1.32 bits per heavy atom. The van der Waals surface area contributed by atoms with Crippen molar-refractivity contribution in [2.45, 2.75) is 39.5 Å². The maximum Gasteiger partial charge on any atom is 0.435 e. The highest BCUT2D eigenvalue weighted by atomic mass is 35.5. The van der Waals surface area contributed by atoms with Crippen molar-refractivity contribution >= 4 is 28.9 Å². The first kappa shape index (κ1) is 22.4. The number of oxime groups is 1. The summed E-state index contributed by atoms with van der Waals surface area (Å²) in [6.45, 7) is 4.90. The molecule has 0 spiro atoms. The normalized spacial score (nSPS) is 13.5. The minimum Gasteiger partial charge on any atom is -0.471 e. The van der Waals surface area contributed by atoms with E-state index in [0.29, 0.717) is 21.3 Å². The zero-order chi connectivity index (χ0) is 21.1. The molecule has 1 aromatic carbocycles. The van der Waals surface area contributed by atoms with Crippen molar-refractivity contribution in [1.82, 2.24) is 9.78 Å². The van der Waals surface area contributed by atoms with Gasteiger partial charge in [-0.3, -0.25) is 0 Å². The van der Waals surface area contributed by atoms with Crippen molar-refractivity contribution in [3.8, 4) is 5.88 Å². The summed E-state index contributed by atoms with van der Waals surface area (Å²) in [5, 5.41) is 8.36. The van der Waals surface area contributed by atoms with Crippen LogP contribution in [0.4, 0.5) is 13.2 Å². The Hall–Kier alpha value is -1.93. The average molecular weight is 438 g/mol. The molecule has 0 saturated carbocycles. The number of alkyl halides is 3. The molecule has 10 heteroatoms. The molecule has 154 valence electrons. The van der Waals surface area contributed by atoms with Gasteiger partial charge in [0.2, 0.25) is 5.88 Å². The summed E-state index contributed by atoms with van der Waals surface area (Å²) in [6, 6.07) is 4.80. The molecule has 0 aliphatic heterocycles. The topological polar surface area (TPSA) is 48.6 Å². The first-order valence-electron chi connectivity index (χ1n) is 8.46. The van der Waals surface area contributed by atoms with E-state index in [9.17, 15) is 13.2 Å². The molecule has 0 amide bonds. The van der Waals surface area contributed by atoms with E-state index in [0.717, 1.165) is 11.1 Å². The zero-order valence-electron chi connectivity index (χ0n) is 15.8. The van der Waals surface area contributed by atoms with Crippen molar-refractivity contribution in [3.63, 3.8) is 0 Å². The van der Waals surface area contributed by atoms with Crippen LogP contribution in [0.15, 0.2) is 23.4 Å². The molecule has 0 saturated heterocycles. The Morgan fingerprint density at radius 3 is 2.54 bits per heavy atom. The molecule has 2 aromatic rings. The molecule has 0 fully saturated rings. The smallest absolute Gasteiger partial charge is 0.435 e. The second-order valence-corrected chi connectivity index (χ2v) is 7.02. The Balaban J connectivity index is 2.33. The molecule has 28 heavy (non-hydrogen) atoms. The maximum atomic E-state index is 13.0. The van der Waals surface area contributed by atoms with Crippen molar-refractivity contribution in [2.75, 3.05) is 6.61 Å². The Bertz CT molecular complexity index is 866. The predicted molar refractivity (Wildman–Crippen MR) is 102 cm³/mol. The number of rotatable bonds is 7. The van der Waals surface area contributed by atoms with E-state index in [1.54, 1.807) is 12.1 Å². The van der Waals surface area contributed by atoms with Crippen molar-refractivity contribution in [1.29, 1.82) is 0 Å². The van der Waals surface area contributed by atoms with E-state index in [1.165, 1.54) is 20.0 Å². The first-order valence-corrected chi connectivity index (χ1v) is 9.21. The Morgan fingerprint density at radius 2 is 2.00 bits per heavy atom. The van der Waals surface area contributed by atoms with Crippen LogP contribution >= 0.6 is 23.2 Å². The molecule has 5 nitrogen and oxygen atoms in total. The van der Waals surface area contributed by atoms with Gasteiger partial charge in [0, 0.05) is 23.2 Å². The minimum absolute atomic E-state index is 0.0198. The molecule has 2 rings (SSSR count). The van der Waals surface area contributed by atoms with Crippen LogP contribution in [0.2, 0.25) is 10.0 Å². The number of halogens is 5. The van der Waals surface area contributed by atoms with Crippen LogP contribution in [-0.4, -0.2) is 28.2 Å². The lowest BCUT2D eigenvalue weighted by molar-refractivity contribution is -0.141. The predicted octanol–water partition coefficient (Wildman–Crippen LogP) is 5.65. The Kier molecular flexibility index (Phi) is 7.22. The number of hydrogen-bond donors (Lipinski definition) is 0. The van der Waals surface area contributed by atoms with Gasteiger partial charge in [0.25, 0.3) is 0 Å². The van der Waals surface area contributed by atoms with E-state index in [-0.39, 0.29) is 24.2 Å². The molecule has 1 heterocycles. The molecule has 0 aliphatic rings. The van der Waals surface area contributed by atoms with Crippen LogP contribution in [0.3, 0.4) is 0 Å². The van der Waals surface area contributed by atoms with Gasteiger partial charge in [-0.1, -0.05) is 35.3 Å². The van der Waals surface area contributed by atoms with E-state index in [4.69, 9.17) is 32.8 Å². The molecule has 1 unspecified atom stereocenters. The third kappa shape index (κ3) is 5.32. The quantitative estimate of drug-likeness (QED) is 0.415. The average Bonchev–Trinajstić information content (AvgIpc) is 2.90.